The largest absolute Gasteiger partial charge is 0.465 e. The van der Waals surface area contributed by atoms with Crippen LogP contribution in [0.1, 0.15) is 42.2 Å². The molecule has 1 aromatic heterocycles. The summed E-state index contributed by atoms with van der Waals surface area (Å²) in [6.45, 7) is 4.16. The maximum absolute atomic E-state index is 12.8. The molecule has 3 nitrogen and oxygen atoms in total. The molecule has 1 heterocycles. The summed E-state index contributed by atoms with van der Waals surface area (Å²) in [7, 11) is 0. The van der Waals surface area contributed by atoms with Crippen LogP contribution < -0.4 is 0 Å². The van der Waals surface area contributed by atoms with Crippen molar-refractivity contribution in [3.63, 3.8) is 0 Å². The number of carbonyl (C=O) groups is 2. The Morgan fingerprint density at radius 2 is 1.96 bits per heavy atom. The lowest BCUT2D eigenvalue weighted by atomic mass is 9.74. The minimum absolute atomic E-state index is 0.155. The van der Waals surface area contributed by atoms with Gasteiger partial charge in [-0.1, -0.05) is 37.3 Å². The quantitative estimate of drug-likeness (QED) is 0.581. The van der Waals surface area contributed by atoms with Crippen molar-refractivity contribution in [3.8, 4) is 0 Å². The highest BCUT2D eigenvalue weighted by Crippen LogP contribution is 2.41. The van der Waals surface area contributed by atoms with Gasteiger partial charge in [0.15, 0.2) is 5.78 Å². The number of carbonyl (C=O) groups excluding carboxylic acids is 2. The number of aryl methyl sites for hydroxylation is 1. The number of hydrogen-bond donors (Lipinski definition) is 0. The van der Waals surface area contributed by atoms with Crippen LogP contribution in [-0.4, -0.2) is 18.4 Å². The first-order valence-electron chi connectivity index (χ1n) is 8.67. The first-order chi connectivity index (χ1) is 12.1. The molecule has 1 aliphatic carbocycles. The van der Waals surface area contributed by atoms with Gasteiger partial charge in [-0.15, -0.1) is 11.3 Å². The van der Waals surface area contributed by atoms with Crippen molar-refractivity contribution in [2.24, 2.45) is 5.92 Å². The number of esters is 1. The molecule has 0 radical (unpaired) electrons. The molecule has 0 unspecified atom stereocenters. The molecule has 1 aromatic carbocycles. The van der Waals surface area contributed by atoms with E-state index in [1.165, 1.54) is 5.56 Å². The third kappa shape index (κ3) is 3.74. The minimum Gasteiger partial charge on any atom is -0.465 e. The second-order valence-electron chi connectivity index (χ2n) is 6.18. The summed E-state index contributed by atoms with van der Waals surface area (Å²) in [5, 5.41) is 2.00. The highest BCUT2D eigenvalue weighted by Gasteiger charge is 2.39. The Hall–Kier alpha value is -2.20. The van der Waals surface area contributed by atoms with Gasteiger partial charge in [0, 0.05) is 10.8 Å². The lowest BCUT2D eigenvalue weighted by molar-refractivity contribution is -0.151. The fourth-order valence-corrected chi connectivity index (χ4v) is 4.08. The number of thiophene rings is 1. The summed E-state index contributed by atoms with van der Waals surface area (Å²) in [6, 6.07) is 12.2. The SMILES string of the molecule is CCOC(=O)[C@H]1C(=O)C=C(c2cccs2)C[C@@H]1c1ccc(CC)cc1. The van der Waals surface area contributed by atoms with Crippen LogP contribution in [0.4, 0.5) is 0 Å². The van der Waals surface area contributed by atoms with Crippen LogP contribution in [0.25, 0.3) is 5.57 Å². The first kappa shape index (κ1) is 17.6. The zero-order chi connectivity index (χ0) is 17.8. The summed E-state index contributed by atoms with van der Waals surface area (Å²) >= 11 is 1.62. The molecule has 1 aliphatic rings. The molecule has 4 heteroatoms. The predicted molar refractivity (Wildman–Crippen MR) is 101 cm³/mol. The molecule has 0 bridgehead atoms. The molecule has 0 aliphatic heterocycles. The summed E-state index contributed by atoms with van der Waals surface area (Å²) < 4.78 is 5.19. The predicted octanol–water partition coefficient (Wildman–Crippen LogP) is 4.63. The van der Waals surface area contributed by atoms with Crippen molar-refractivity contribution >= 4 is 28.7 Å². The van der Waals surface area contributed by atoms with Gasteiger partial charge in [-0.25, -0.2) is 0 Å². The molecule has 0 fully saturated rings. The van der Waals surface area contributed by atoms with Crippen LogP contribution in [0.5, 0.6) is 0 Å². The minimum atomic E-state index is -0.754. The van der Waals surface area contributed by atoms with Crippen molar-refractivity contribution in [2.75, 3.05) is 6.61 Å². The summed E-state index contributed by atoms with van der Waals surface area (Å²) in [5.41, 5.74) is 3.27. The molecular formula is C21H22O3S. The van der Waals surface area contributed by atoms with Crippen LogP contribution in [0.3, 0.4) is 0 Å². The average Bonchev–Trinajstić information content (AvgIpc) is 3.16. The van der Waals surface area contributed by atoms with E-state index in [0.717, 1.165) is 22.4 Å². The van der Waals surface area contributed by atoms with E-state index < -0.39 is 11.9 Å². The highest BCUT2D eigenvalue weighted by atomic mass is 32.1. The zero-order valence-electron chi connectivity index (χ0n) is 14.5. The maximum atomic E-state index is 12.8. The molecule has 3 rings (SSSR count). The Kier molecular flexibility index (Phi) is 5.49. The Morgan fingerprint density at radius 1 is 1.20 bits per heavy atom. The van der Waals surface area contributed by atoms with Gasteiger partial charge < -0.3 is 4.74 Å². The summed E-state index contributed by atoms with van der Waals surface area (Å²) in [4.78, 5) is 26.3. The van der Waals surface area contributed by atoms with E-state index in [-0.39, 0.29) is 18.3 Å². The van der Waals surface area contributed by atoms with E-state index in [1.54, 1.807) is 24.3 Å². The van der Waals surface area contributed by atoms with Crippen molar-refractivity contribution < 1.29 is 14.3 Å². The second-order valence-corrected chi connectivity index (χ2v) is 7.13. The van der Waals surface area contributed by atoms with Gasteiger partial charge in [-0.2, -0.15) is 0 Å². The average molecular weight is 354 g/mol. The van der Waals surface area contributed by atoms with Crippen molar-refractivity contribution in [1.29, 1.82) is 0 Å². The Morgan fingerprint density at radius 3 is 2.56 bits per heavy atom. The number of ketones is 1. The maximum Gasteiger partial charge on any atom is 0.317 e. The van der Waals surface area contributed by atoms with Crippen molar-refractivity contribution in [3.05, 3.63) is 63.9 Å². The lowest BCUT2D eigenvalue weighted by Gasteiger charge is -2.29. The highest BCUT2D eigenvalue weighted by molar-refractivity contribution is 7.11. The molecule has 0 N–H and O–H groups in total. The number of ether oxygens (including phenoxy) is 1. The van der Waals surface area contributed by atoms with Crippen LogP contribution in [0.2, 0.25) is 0 Å². The standard InChI is InChI=1S/C21H22O3S/c1-3-14-7-9-15(10-8-14)17-12-16(19-6-5-11-25-19)13-18(22)20(17)21(23)24-4-2/h5-11,13,17,20H,3-4,12H2,1-2H3/t17-,20-/m1/s1. The number of rotatable bonds is 5. The van der Waals surface area contributed by atoms with Gasteiger partial charge in [0.05, 0.1) is 6.61 Å². The van der Waals surface area contributed by atoms with Crippen LogP contribution in [0, 0.1) is 5.92 Å². The molecule has 130 valence electrons. The van der Waals surface area contributed by atoms with Gasteiger partial charge in [-0.3, -0.25) is 9.59 Å². The number of benzene rings is 1. The number of allylic oxidation sites excluding steroid dienone is 2. The van der Waals surface area contributed by atoms with Gasteiger partial charge in [0.2, 0.25) is 0 Å². The van der Waals surface area contributed by atoms with Crippen LogP contribution >= 0.6 is 11.3 Å². The molecule has 0 saturated heterocycles. The third-order valence-corrected chi connectivity index (χ3v) is 5.60. The smallest absolute Gasteiger partial charge is 0.317 e. The molecule has 0 spiro atoms. The van der Waals surface area contributed by atoms with E-state index in [4.69, 9.17) is 4.74 Å². The van der Waals surface area contributed by atoms with E-state index >= 15 is 0 Å². The summed E-state index contributed by atoms with van der Waals surface area (Å²) in [5.74, 6) is -1.51. The number of hydrogen-bond acceptors (Lipinski definition) is 4. The normalized spacial score (nSPS) is 20.2. The second kappa shape index (κ2) is 7.79. The molecule has 25 heavy (non-hydrogen) atoms. The molecule has 2 atom stereocenters. The van der Waals surface area contributed by atoms with E-state index in [0.29, 0.717) is 6.42 Å². The molecule has 0 amide bonds. The van der Waals surface area contributed by atoms with Gasteiger partial charge in [0.1, 0.15) is 5.92 Å². The van der Waals surface area contributed by atoms with Crippen molar-refractivity contribution in [1.82, 2.24) is 0 Å². The fourth-order valence-electron chi connectivity index (χ4n) is 3.33. The fraction of sp³-hybridized carbons (Fsp3) is 0.333. The van der Waals surface area contributed by atoms with Gasteiger partial charge >= 0.3 is 5.97 Å². The van der Waals surface area contributed by atoms with E-state index in [1.807, 2.05) is 29.6 Å². The molecule has 2 aromatic rings. The zero-order valence-corrected chi connectivity index (χ0v) is 15.3. The monoisotopic (exact) mass is 354 g/mol. The summed E-state index contributed by atoms with van der Waals surface area (Å²) in [6.07, 6.45) is 3.26. The van der Waals surface area contributed by atoms with Gasteiger partial charge in [0.25, 0.3) is 0 Å². The lowest BCUT2D eigenvalue weighted by Crippen LogP contribution is -2.33. The Labute approximate surface area is 152 Å². The van der Waals surface area contributed by atoms with E-state index in [9.17, 15) is 9.59 Å². The topological polar surface area (TPSA) is 43.4 Å². The van der Waals surface area contributed by atoms with Crippen molar-refractivity contribution in [2.45, 2.75) is 32.6 Å². The Bertz CT molecular complexity index is 772. The molecule has 0 saturated carbocycles. The van der Waals surface area contributed by atoms with Crippen LogP contribution in [-0.2, 0) is 20.7 Å². The third-order valence-electron chi connectivity index (χ3n) is 4.66. The van der Waals surface area contributed by atoms with E-state index in [2.05, 4.69) is 19.1 Å². The van der Waals surface area contributed by atoms with Crippen LogP contribution in [0.15, 0.2) is 47.9 Å². The van der Waals surface area contributed by atoms with Gasteiger partial charge in [-0.05, 0) is 54.0 Å². The Balaban J connectivity index is 1.98. The molecular weight excluding hydrogens is 332 g/mol. The first-order valence-corrected chi connectivity index (χ1v) is 9.55.